The van der Waals surface area contributed by atoms with Crippen molar-refractivity contribution in [2.75, 3.05) is 0 Å². The first-order chi connectivity index (χ1) is 7.52. The van der Waals surface area contributed by atoms with E-state index in [9.17, 15) is 9.59 Å². The van der Waals surface area contributed by atoms with E-state index >= 15 is 0 Å². The van der Waals surface area contributed by atoms with Gasteiger partial charge in [0.05, 0.1) is 5.54 Å². The molecule has 0 radical (unpaired) electrons. The summed E-state index contributed by atoms with van der Waals surface area (Å²) in [4.78, 5) is 22.4. The summed E-state index contributed by atoms with van der Waals surface area (Å²) in [5.41, 5.74) is 3.88. The summed E-state index contributed by atoms with van der Waals surface area (Å²) in [7, 11) is 0. The Bertz CT molecular complexity index is 298. The van der Waals surface area contributed by atoms with E-state index in [1.54, 1.807) is 34.6 Å². The van der Waals surface area contributed by atoms with Crippen LogP contribution in [0.2, 0.25) is 0 Å². The molecular weight excluding hydrogens is 224 g/mol. The van der Waals surface area contributed by atoms with Gasteiger partial charge in [0.1, 0.15) is 11.6 Å². The third kappa shape index (κ3) is 5.04. The molecule has 0 rings (SSSR count). The number of hydrogen-bond donors (Lipinski definition) is 3. The molecule has 17 heavy (non-hydrogen) atoms. The van der Waals surface area contributed by atoms with E-state index in [0.717, 1.165) is 0 Å². The number of amides is 1. The molecule has 6 nitrogen and oxygen atoms in total. The van der Waals surface area contributed by atoms with Gasteiger partial charge in [-0.05, 0) is 34.1 Å². The number of carboxylic acid groups (broad SMARTS) is 1. The predicted molar refractivity (Wildman–Crippen MR) is 63.7 cm³/mol. The highest BCUT2D eigenvalue weighted by atomic mass is 16.6. The maximum Gasteiger partial charge on any atom is 0.408 e. The Hall–Kier alpha value is -1.30. The van der Waals surface area contributed by atoms with E-state index in [2.05, 4.69) is 5.32 Å². The van der Waals surface area contributed by atoms with Crippen LogP contribution in [0.5, 0.6) is 0 Å². The zero-order chi connectivity index (χ0) is 13.9. The Kier molecular flexibility index (Phi) is 4.94. The van der Waals surface area contributed by atoms with E-state index < -0.39 is 29.2 Å². The molecule has 0 aromatic heterocycles. The number of hydrogen-bond acceptors (Lipinski definition) is 4. The average molecular weight is 246 g/mol. The second kappa shape index (κ2) is 5.35. The maximum atomic E-state index is 11.6. The van der Waals surface area contributed by atoms with Gasteiger partial charge in [-0.1, -0.05) is 6.92 Å². The van der Waals surface area contributed by atoms with Crippen molar-refractivity contribution in [3.8, 4) is 0 Å². The number of rotatable bonds is 4. The lowest BCUT2D eigenvalue weighted by molar-refractivity contribution is -0.140. The Balaban J connectivity index is 4.70. The molecular formula is C11H22N2O4. The SMILES string of the molecule is CCC(C)(NC(=O)OC(C)(C)C)C(N)C(=O)O. The molecule has 0 aliphatic heterocycles. The highest BCUT2D eigenvalue weighted by Crippen LogP contribution is 2.15. The van der Waals surface area contributed by atoms with Gasteiger partial charge in [0.25, 0.3) is 0 Å². The molecule has 0 bridgehead atoms. The summed E-state index contributed by atoms with van der Waals surface area (Å²) in [6.07, 6.45) is -0.279. The van der Waals surface area contributed by atoms with Crippen LogP contribution in [0.3, 0.4) is 0 Å². The minimum Gasteiger partial charge on any atom is -0.480 e. The molecule has 0 fully saturated rings. The van der Waals surface area contributed by atoms with E-state index in [-0.39, 0.29) is 0 Å². The van der Waals surface area contributed by atoms with Gasteiger partial charge in [-0.2, -0.15) is 0 Å². The molecule has 0 aliphatic rings. The summed E-state index contributed by atoms with van der Waals surface area (Å²) in [5.74, 6) is -1.16. The molecule has 2 atom stereocenters. The molecule has 4 N–H and O–H groups in total. The van der Waals surface area contributed by atoms with E-state index in [4.69, 9.17) is 15.6 Å². The van der Waals surface area contributed by atoms with Gasteiger partial charge in [-0.25, -0.2) is 4.79 Å². The summed E-state index contributed by atoms with van der Waals surface area (Å²) < 4.78 is 5.07. The van der Waals surface area contributed by atoms with Gasteiger partial charge in [0.2, 0.25) is 0 Å². The van der Waals surface area contributed by atoms with Crippen LogP contribution in [0.4, 0.5) is 4.79 Å². The molecule has 0 saturated heterocycles. The first kappa shape index (κ1) is 15.7. The standard InChI is InChI=1S/C11H22N2O4/c1-6-11(5,7(12)8(14)15)13-9(16)17-10(2,3)4/h7H,6,12H2,1-5H3,(H,13,16)(H,14,15). The first-order valence-electron chi connectivity index (χ1n) is 5.51. The first-order valence-corrected chi connectivity index (χ1v) is 5.51. The van der Waals surface area contributed by atoms with Crippen LogP contribution in [-0.4, -0.2) is 34.4 Å². The minimum atomic E-state index is -1.18. The number of carbonyl (C=O) groups excluding carboxylic acids is 1. The third-order valence-electron chi connectivity index (χ3n) is 2.47. The van der Waals surface area contributed by atoms with Crippen molar-refractivity contribution in [3.05, 3.63) is 0 Å². The number of nitrogens with one attached hydrogen (secondary N) is 1. The lowest BCUT2D eigenvalue weighted by Crippen LogP contribution is -2.61. The predicted octanol–water partition coefficient (Wildman–Crippen LogP) is 1.09. The number of ether oxygens (including phenoxy) is 1. The Labute approximate surface area is 102 Å². The van der Waals surface area contributed by atoms with Crippen molar-refractivity contribution in [3.63, 3.8) is 0 Å². The Morgan fingerprint density at radius 3 is 2.12 bits per heavy atom. The van der Waals surface area contributed by atoms with Crippen LogP contribution in [0, 0.1) is 0 Å². The third-order valence-corrected chi connectivity index (χ3v) is 2.47. The van der Waals surface area contributed by atoms with Crippen LogP contribution in [0.1, 0.15) is 41.0 Å². The largest absolute Gasteiger partial charge is 0.480 e. The average Bonchev–Trinajstić information content (AvgIpc) is 2.12. The normalized spacial score (nSPS) is 16.8. The lowest BCUT2D eigenvalue weighted by Gasteiger charge is -2.33. The topological polar surface area (TPSA) is 102 Å². The van der Waals surface area contributed by atoms with Crippen molar-refractivity contribution in [2.45, 2.75) is 58.2 Å². The Morgan fingerprint density at radius 2 is 1.82 bits per heavy atom. The molecule has 6 heteroatoms. The van der Waals surface area contributed by atoms with E-state index in [0.29, 0.717) is 6.42 Å². The maximum absolute atomic E-state index is 11.6. The fourth-order valence-corrected chi connectivity index (χ4v) is 1.20. The van der Waals surface area contributed by atoms with Crippen molar-refractivity contribution in [1.82, 2.24) is 5.32 Å². The van der Waals surface area contributed by atoms with Gasteiger partial charge in [0, 0.05) is 0 Å². The fraction of sp³-hybridized carbons (Fsp3) is 0.818. The van der Waals surface area contributed by atoms with Gasteiger partial charge in [-0.15, -0.1) is 0 Å². The fourth-order valence-electron chi connectivity index (χ4n) is 1.20. The number of carboxylic acids is 1. The van der Waals surface area contributed by atoms with Crippen LogP contribution < -0.4 is 11.1 Å². The Morgan fingerprint density at radius 1 is 1.35 bits per heavy atom. The quantitative estimate of drug-likeness (QED) is 0.689. The van der Waals surface area contributed by atoms with Crippen LogP contribution in [0.15, 0.2) is 0 Å². The summed E-state index contributed by atoms with van der Waals surface area (Å²) in [5, 5.41) is 11.4. The molecule has 0 heterocycles. The van der Waals surface area contributed by atoms with Crippen LogP contribution in [0.25, 0.3) is 0 Å². The smallest absolute Gasteiger partial charge is 0.408 e. The van der Waals surface area contributed by atoms with Crippen molar-refractivity contribution in [2.24, 2.45) is 5.73 Å². The molecule has 0 spiro atoms. The zero-order valence-electron chi connectivity index (χ0n) is 11.0. The second-order valence-electron chi connectivity index (χ2n) is 5.21. The number of alkyl carbamates (subject to hydrolysis) is 1. The molecule has 0 aromatic rings. The molecule has 100 valence electrons. The van der Waals surface area contributed by atoms with E-state index in [1.165, 1.54) is 0 Å². The highest BCUT2D eigenvalue weighted by Gasteiger charge is 2.37. The van der Waals surface area contributed by atoms with Gasteiger partial charge in [-0.3, -0.25) is 4.79 Å². The lowest BCUT2D eigenvalue weighted by atomic mass is 9.90. The number of nitrogens with two attached hydrogens (primary N) is 1. The highest BCUT2D eigenvalue weighted by molar-refractivity contribution is 5.77. The van der Waals surface area contributed by atoms with Crippen LogP contribution >= 0.6 is 0 Å². The van der Waals surface area contributed by atoms with Crippen molar-refractivity contribution >= 4 is 12.1 Å². The number of aliphatic carboxylic acids is 1. The zero-order valence-corrected chi connectivity index (χ0v) is 11.0. The molecule has 2 unspecified atom stereocenters. The second-order valence-corrected chi connectivity index (χ2v) is 5.21. The van der Waals surface area contributed by atoms with Gasteiger partial charge in [0.15, 0.2) is 0 Å². The van der Waals surface area contributed by atoms with Crippen molar-refractivity contribution in [1.29, 1.82) is 0 Å². The van der Waals surface area contributed by atoms with Gasteiger partial charge >= 0.3 is 12.1 Å². The summed E-state index contributed by atoms with van der Waals surface area (Å²) in [6.45, 7) is 8.52. The van der Waals surface area contributed by atoms with Crippen LogP contribution in [-0.2, 0) is 9.53 Å². The molecule has 0 saturated carbocycles. The summed E-state index contributed by atoms with van der Waals surface area (Å²) in [6, 6.07) is -1.18. The van der Waals surface area contributed by atoms with E-state index in [1.807, 2.05) is 0 Å². The summed E-state index contributed by atoms with van der Waals surface area (Å²) >= 11 is 0. The van der Waals surface area contributed by atoms with Crippen molar-refractivity contribution < 1.29 is 19.4 Å². The minimum absolute atomic E-state index is 0.389. The monoisotopic (exact) mass is 246 g/mol. The molecule has 0 aliphatic carbocycles. The number of carbonyl (C=O) groups is 2. The molecule has 1 amide bonds. The molecule has 0 aromatic carbocycles. The van der Waals surface area contributed by atoms with Gasteiger partial charge < -0.3 is 20.9 Å².